The highest BCUT2D eigenvalue weighted by Crippen LogP contribution is 2.38. The molecule has 0 aromatic carbocycles. The van der Waals surface area contributed by atoms with Gasteiger partial charge in [0.15, 0.2) is 0 Å². The topological polar surface area (TPSA) is 49.9 Å². The van der Waals surface area contributed by atoms with E-state index in [2.05, 4.69) is 0 Å². The van der Waals surface area contributed by atoms with Crippen molar-refractivity contribution in [1.82, 2.24) is 9.80 Å². The predicted octanol–water partition coefficient (Wildman–Crippen LogP) is 2.59. The van der Waals surface area contributed by atoms with Gasteiger partial charge in [0, 0.05) is 19.5 Å². The number of carbonyl (C=O) groups excluding carboxylic acids is 2. The van der Waals surface area contributed by atoms with Crippen LogP contribution in [0, 0.1) is 11.8 Å². The maximum absolute atomic E-state index is 13.9. The van der Waals surface area contributed by atoms with Crippen molar-refractivity contribution in [1.29, 1.82) is 0 Å². The van der Waals surface area contributed by atoms with E-state index in [1.165, 1.54) is 24.2 Å². The second-order valence-electron chi connectivity index (χ2n) is 8.18. The number of hydrogen-bond donors (Lipinski definition) is 0. The molecule has 0 N–H and O–H groups in total. The summed E-state index contributed by atoms with van der Waals surface area (Å²) in [5, 5.41) is 0. The first-order chi connectivity index (χ1) is 10.7. The van der Waals surface area contributed by atoms with E-state index in [9.17, 15) is 14.0 Å². The monoisotopic (exact) mass is 326 g/mol. The minimum Gasteiger partial charge on any atom is -0.444 e. The summed E-state index contributed by atoms with van der Waals surface area (Å²) in [7, 11) is 0. The zero-order valence-electron chi connectivity index (χ0n) is 14.3. The second-order valence-corrected chi connectivity index (χ2v) is 8.18. The average Bonchev–Trinajstić information content (AvgIpc) is 3.08. The highest BCUT2D eigenvalue weighted by atomic mass is 19.1. The first kappa shape index (κ1) is 16.5. The number of amides is 2. The third kappa shape index (κ3) is 3.45. The van der Waals surface area contributed by atoms with Crippen molar-refractivity contribution in [2.24, 2.45) is 11.8 Å². The molecule has 23 heavy (non-hydrogen) atoms. The summed E-state index contributed by atoms with van der Waals surface area (Å²) in [6.07, 6.45) is 1.96. The molecule has 2 heterocycles. The Balaban J connectivity index is 1.67. The Hall–Kier alpha value is -1.33. The van der Waals surface area contributed by atoms with Gasteiger partial charge in [-0.3, -0.25) is 9.69 Å². The smallest absolute Gasteiger partial charge is 0.411 e. The van der Waals surface area contributed by atoms with Crippen molar-refractivity contribution in [2.45, 2.75) is 64.3 Å². The SMILES string of the molecule is CC(C)(C)OC(=O)N1C[C@@H](F)C[C@@H]1C(=O)N1C[C@H]2CCC[C@@H]2C1. The van der Waals surface area contributed by atoms with Gasteiger partial charge in [-0.2, -0.15) is 0 Å². The fourth-order valence-electron chi connectivity index (χ4n) is 4.17. The van der Waals surface area contributed by atoms with E-state index in [1.807, 2.05) is 4.90 Å². The van der Waals surface area contributed by atoms with Gasteiger partial charge < -0.3 is 9.64 Å². The molecule has 3 aliphatic rings. The highest BCUT2D eigenvalue weighted by Gasteiger charge is 2.46. The van der Waals surface area contributed by atoms with E-state index in [4.69, 9.17) is 4.74 Å². The Labute approximate surface area is 137 Å². The molecule has 0 aromatic heterocycles. The lowest BCUT2D eigenvalue weighted by atomic mass is 10.0. The van der Waals surface area contributed by atoms with Gasteiger partial charge in [-0.25, -0.2) is 9.18 Å². The highest BCUT2D eigenvalue weighted by molar-refractivity contribution is 5.86. The van der Waals surface area contributed by atoms with Crippen LogP contribution in [-0.4, -0.2) is 59.2 Å². The van der Waals surface area contributed by atoms with E-state index < -0.39 is 23.9 Å². The lowest BCUT2D eigenvalue weighted by Crippen LogP contribution is -2.48. The largest absolute Gasteiger partial charge is 0.444 e. The van der Waals surface area contributed by atoms with Crippen LogP contribution in [0.25, 0.3) is 0 Å². The van der Waals surface area contributed by atoms with E-state index in [-0.39, 0.29) is 18.9 Å². The number of rotatable bonds is 1. The Morgan fingerprint density at radius 3 is 2.26 bits per heavy atom. The first-order valence-corrected chi connectivity index (χ1v) is 8.67. The van der Waals surface area contributed by atoms with Gasteiger partial charge in [0.05, 0.1) is 6.54 Å². The minimum atomic E-state index is -1.15. The molecule has 130 valence electrons. The van der Waals surface area contributed by atoms with Crippen LogP contribution < -0.4 is 0 Å². The maximum atomic E-state index is 13.9. The summed E-state index contributed by atoms with van der Waals surface area (Å²) >= 11 is 0. The molecule has 0 spiro atoms. The van der Waals surface area contributed by atoms with Crippen LogP contribution in [0.5, 0.6) is 0 Å². The Morgan fingerprint density at radius 2 is 1.70 bits per heavy atom. The minimum absolute atomic E-state index is 0.0496. The number of ether oxygens (including phenoxy) is 1. The fraction of sp³-hybridized carbons (Fsp3) is 0.882. The molecule has 0 bridgehead atoms. The van der Waals surface area contributed by atoms with Crippen LogP contribution in [0.1, 0.15) is 46.5 Å². The van der Waals surface area contributed by atoms with Crippen LogP contribution in [0.4, 0.5) is 9.18 Å². The van der Waals surface area contributed by atoms with Crippen LogP contribution in [0.3, 0.4) is 0 Å². The van der Waals surface area contributed by atoms with Crippen molar-refractivity contribution in [3.8, 4) is 0 Å². The molecule has 1 saturated carbocycles. The zero-order chi connectivity index (χ0) is 16.8. The average molecular weight is 326 g/mol. The molecular weight excluding hydrogens is 299 g/mol. The molecular formula is C17H27FN2O3. The van der Waals surface area contributed by atoms with Crippen molar-refractivity contribution in [2.75, 3.05) is 19.6 Å². The summed E-state index contributed by atoms with van der Waals surface area (Å²) in [6, 6.07) is -0.710. The van der Waals surface area contributed by atoms with E-state index in [0.29, 0.717) is 11.8 Å². The van der Waals surface area contributed by atoms with Gasteiger partial charge >= 0.3 is 6.09 Å². The van der Waals surface area contributed by atoms with E-state index >= 15 is 0 Å². The number of carbonyl (C=O) groups is 2. The fourth-order valence-corrected chi connectivity index (χ4v) is 4.17. The van der Waals surface area contributed by atoms with Gasteiger partial charge in [-0.1, -0.05) is 6.42 Å². The second kappa shape index (κ2) is 5.95. The lowest BCUT2D eigenvalue weighted by Gasteiger charge is -2.30. The number of nitrogens with zero attached hydrogens (tertiary/aromatic N) is 2. The van der Waals surface area contributed by atoms with Crippen molar-refractivity contribution >= 4 is 12.0 Å². The van der Waals surface area contributed by atoms with Crippen molar-refractivity contribution in [3.63, 3.8) is 0 Å². The number of halogens is 1. The van der Waals surface area contributed by atoms with E-state index in [0.717, 1.165) is 13.1 Å². The lowest BCUT2D eigenvalue weighted by molar-refractivity contribution is -0.135. The normalized spacial score (nSPS) is 33.9. The molecule has 0 unspecified atom stereocenters. The number of alkyl halides is 1. The first-order valence-electron chi connectivity index (χ1n) is 8.67. The maximum Gasteiger partial charge on any atom is 0.411 e. The Kier molecular flexibility index (Phi) is 4.27. The molecule has 1 aliphatic carbocycles. The van der Waals surface area contributed by atoms with Crippen LogP contribution in [0.2, 0.25) is 0 Å². The summed E-state index contributed by atoms with van der Waals surface area (Å²) in [5.41, 5.74) is -0.649. The Bertz CT molecular complexity index is 479. The zero-order valence-corrected chi connectivity index (χ0v) is 14.3. The summed E-state index contributed by atoms with van der Waals surface area (Å²) in [6.45, 7) is 6.79. The summed E-state index contributed by atoms with van der Waals surface area (Å²) < 4.78 is 19.2. The molecule has 0 radical (unpaired) electrons. The molecule has 2 amide bonds. The van der Waals surface area contributed by atoms with Crippen molar-refractivity contribution in [3.05, 3.63) is 0 Å². The van der Waals surface area contributed by atoms with Gasteiger partial charge in [0.2, 0.25) is 5.91 Å². The quantitative estimate of drug-likeness (QED) is 0.744. The van der Waals surface area contributed by atoms with Crippen LogP contribution >= 0.6 is 0 Å². The molecule has 3 rings (SSSR count). The third-order valence-corrected chi connectivity index (χ3v) is 5.20. The van der Waals surface area contributed by atoms with Crippen LogP contribution in [0.15, 0.2) is 0 Å². The predicted molar refractivity (Wildman–Crippen MR) is 83.7 cm³/mol. The van der Waals surface area contributed by atoms with E-state index in [1.54, 1.807) is 20.8 Å². The number of likely N-dealkylation sites (tertiary alicyclic amines) is 2. The number of hydrogen-bond acceptors (Lipinski definition) is 3. The summed E-state index contributed by atoms with van der Waals surface area (Å²) in [4.78, 5) is 28.2. The standard InChI is InChI=1S/C17H27FN2O3/c1-17(2,3)23-16(22)20-10-13(18)7-14(20)15(21)19-8-11-5-4-6-12(11)9-19/h11-14H,4-10H2,1-3H3/t11-,12-,13+,14-/m1/s1. The van der Waals surface area contributed by atoms with Gasteiger partial charge in [-0.15, -0.1) is 0 Å². The van der Waals surface area contributed by atoms with Crippen molar-refractivity contribution < 1.29 is 18.7 Å². The molecule has 2 saturated heterocycles. The molecule has 0 aromatic rings. The van der Waals surface area contributed by atoms with Gasteiger partial charge in [0.1, 0.15) is 17.8 Å². The summed E-state index contributed by atoms with van der Waals surface area (Å²) in [5.74, 6) is 1.08. The molecule has 4 atom stereocenters. The van der Waals surface area contributed by atoms with Gasteiger partial charge in [0.25, 0.3) is 0 Å². The molecule has 5 nitrogen and oxygen atoms in total. The molecule has 3 fully saturated rings. The molecule has 6 heteroatoms. The Morgan fingerprint density at radius 1 is 1.09 bits per heavy atom. The van der Waals surface area contributed by atoms with Crippen LogP contribution in [-0.2, 0) is 9.53 Å². The van der Waals surface area contributed by atoms with Gasteiger partial charge in [-0.05, 0) is 45.4 Å². The third-order valence-electron chi connectivity index (χ3n) is 5.20. The number of fused-ring (bicyclic) bond motifs is 1. The molecule has 2 aliphatic heterocycles.